The summed E-state index contributed by atoms with van der Waals surface area (Å²) in [5.41, 5.74) is 6.16. The van der Waals surface area contributed by atoms with Crippen molar-refractivity contribution in [2.75, 3.05) is 11.5 Å². The minimum atomic E-state index is -1.16. The van der Waals surface area contributed by atoms with E-state index in [1.165, 1.54) is 28.4 Å². The van der Waals surface area contributed by atoms with Gasteiger partial charge in [0.1, 0.15) is 33.4 Å². The Balaban J connectivity index is 1.70. The van der Waals surface area contributed by atoms with E-state index in [1.807, 2.05) is 0 Å². The fourth-order valence-corrected chi connectivity index (χ4v) is 5.20. The molecule has 2 aliphatic heterocycles. The number of thioether (sulfide) groups is 2. The third-order valence-corrected chi connectivity index (χ3v) is 6.44. The van der Waals surface area contributed by atoms with Gasteiger partial charge in [0.05, 0.1) is 6.42 Å². The molecule has 1 amide bonds. The van der Waals surface area contributed by atoms with Crippen LogP contribution in [-0.2, 0) is 25.5 Å². The lowest BCUT2D eigenvalue weighted by atomic mass is 10.0. The van der Waals surface area contributed by atoms with Crippen molar-refractivity contribution in [3.63, 3.8) is 0 Å². The first-order chi connectivity index (χ1) is 13.1. The molecule has 152 valence electrons. The first-order valence-corrected chi connectivity index (χ1v) is 10.5. The van der Waals surface area contributed by atoms with Gasteiger partial charge in [-0.2, -0.15) is 10.3 Å². The number of carboxylic acids is 1. The summed E-state index contributed by atoms with van der Waals surface area (Å²) in [7, 11) is 0. The van der Waals surface area contributed by atoms with Crippen molar-refractivity contribution in [1.29, 1.82) is 0 Å². The van der Waals surface area contributed by atoms with Gasteiger partial charge in [-0.1, -0.05) is 11.8 Å². The Morgan fingerprint density at radius 3 is 2.79 bits per heavy atom. The second kappa shape index (κ2) is 7.76. The van der Waals surface area contributed by atoms with Gasteiger partial charge in [-0.15, -0.1) is 16.9 Å². The number of carbonyl (C=O) groups excluding carboxylic acids is 2. The van der Waals surface area contributed by atoms with Gasteiger partial charge in [0.15, 0.2) is 0 Å². The maximum absolute atomic E-state index is 12.0. The number of hydrogen-bond acceptors (Lipinski definition) is 9. The summed E-state index contributed by atoms with van der Waals surface area (Å²) in [5, 5.41) is 20.2. The van der Waals surface area contributed by atoms with Crippen LogP contribution in [0, 0.1) is 0 Å². The fourth-order valence-electron chi connectivity index (χ4n) is 2.83. The molecule has 0 saturated carbocycles. The Labute approximate surface area is 169 Å². The van der Waals surface area contributed by atoms with E-state index in [1.54, 1.807) is 20.8 Å². The third kappa shape index (κ3) is 4.18. The Hall–Kier alpha value is -2.05. The highest BCUT2D eigenvalue weighted by Gasteiger charge is 2.51. The number of aromatic amines is 1. The molecular formula is C16H21N5O5S2. The Kier molecular flexibility index (Phi) is 5.73. The van der Waals surface area contributed by atoms with Crippen LogP contribution in [-0.4, -0.2) is 71.8 Å². The quantitative estimate of drug-likeness (QED) is 0.330. The lowest BCUT2D eigenvalue weighted by Gasteiger charge is -2.48. The van der Waals surface area contributed by atoms with Gasteiger partial charge in [0, 0.05) is 11.5 Å². The number of rotatable bonds is 6. The average molecular weight is 428 g/mol. The van der Waals surface area contributed by atoms with Crippen LogP contribution in [0.15, 0.2) is 16.3 Å². The van der Waals surface area contributed by atoms with Crippen LogP contribution in [0.3, 0.4) is 0 Å². The predicted molar refractivity (Wildman–Crippen MR) is 102 cm³/mol. The number of nitrogens with zero attached hydrogens (tertiary/aromatic N) is 3. The number of aliphatic carboxylic acids is 1. The van der Waals surface area contributed by atoms with Crippen molar-refractivity contribution in [2.24, 2.45) is 5.73 Å². The maximum Gasteiger partial charge on any atom is 0.352 e. The van der Waals surface area contributed by atoms with E-state index in [9.17, 15) is 19.5 Å². The van der Waals surface area contributed by atoms with Crippen molar-refractivity contribution in [1.82, 2.24) is 20.3 Å². The predicted octanol–water partition coefficient (Wildman–Crippen LogP) is 0.362. The minimum absolute atomic E-state index is 0.0138. The van der Waals surface area contributed by atoms with Gasteiger partial charge >= 0.3 is 11.9 Å². The molecule has 0 aromatic carbocycles. The minimum Gasteiger partial charge on any atom is -0.477 e. The Morgan fingerprint density at radius 2 is 2.14 bits per heavy atom. The van der Waals surface area contributed by atoms with Crippen molar-refractivity contribution >= 4 is 41.4 Å². The number of esters is 1. The second-order valence-electron chi connectivity index (χ2n) is 7.32. The zero-order chi connectivity index (χ0) is 20.6. The van der Waals surface area contributed by atoms with E-state index in [0.29, 0.717) is 27.8 Å². The lowest BCUT2D eigenvalue weighted by Crippen LogP contribution is -2.68. The van der Waals surface area contributed by atoms with Gasteiger partial charge < -0.3 is 15.6 Å². The zero-order valence-electron chi connectivity index (χ0n) is 15.6. The van der Waals surface area contributed by atoms with E-state index >= 15 is 0 Å². The molecule has 1 aromatic heterocycles. The molecule has 3 rings (SSSR count). The molecule has 0 aliphatic carbocycles. The number of ether oxygens (including phenoxy) is 1. The number of fused-ring (bicyclic) bond motifs is 1. The van der Waals surface area contributed by atoms with E-state index in [-0.39, 0.29) is 23.4 Å². The summed E-state index contributed by atoms with van der Waals surface area (Å²) in [5.74, 6) is -1.21. The van der Waals surface area contributed by atoms with Crippen LogP contribution in [0.1, 0.15) is 26.5 Å². The highest BCUT2D eigenvalue weighted by Crippen LogP contribution is 2.40. The van der Waals surface area contributed by atoms with Crippen LogP contribution in [0.2, 0.25) is 0 Å². The number of aromatic nitrogens is 3. The molecule has 1 saturated heterocycles. The number of β-lactam (4-membered cyclic amide) rings is 1. The number of nitrogens with two attached hydrogens (primary N) is 1. The molecule has 2 aliphatic rings. The average Bonchev–Trinajstić information content (AvgIpc) is 3.03. The molecule has 4 N–H and O–H groups in total. The first kappa shape index (κ1) is 20.7. The monoisotopic (exact) mass is 427 g/mol. The first-order valence-electron chi connectivity index (χ1n) is 8.48. The van der Waals surface area contributed by atoms with Gasteiger partial charge in [-0.3, -0.25) is 14.5 Å². The number of nitrogens with one attached hydrogen (secondary N) is 1. The van der Waals surface area contributed by atoms with Crippen LogP contribution in [0.4, 0.5) is 0 Å². The number of amides is 1. The molecule has 3 heterocycles. The molecule has 0 spiro atoms. The Bertz CT molecular complexity index is 847. The standard InChI is InChI=1S/C16H21N5O5S2/c1-16(2,3)26-9(22)4-8-12(19-20-18-8)27-5-7-6-28-14-10(17)13(23)21(14)11(7)15(24)25/h10,14H,4-6,17H2,1-3H3,(H,24,25)(H,18,19,20)/t10?,14-/m1/s1. The molecule has 28 heavy (non-hydrogen) atoms. The van der Waals surface area contributed by atoms with Crippen molar-refractivity contribution in [3.05, 3.63) is 17.0 Å². The zero-order valence-corrected chi connectivity index (χ0v) is 17.2. The molecular weight excluding hydrogens is 406 g/mol. The van der Waals surface area contributed by atoms with Crippen LogP contribution in [0.5, 0.6) is 0 Å². The SMILES string of the molecule is CC(C)(C)OC(=O)Cc1n[nH]nc1SCC1=C(C(=O)O)N2C(=O)C(N)[C@H]2SC1. The Morgan fingerprint density at radius 1 is 1.43 bits per heavy atom. The van der Waals surface area contributed by atoms with E-state index in [4.69, 9.17) is 10.5 Å². The number of hydrogen-bond donors (Lipinski definition) is 3. The summed E-state index contributed by atoms with van der Waals surface area (Å²) in [4.78, 5) is 37.0. The van der Waals surface area contributed by atoms with Crippen molar-refractivity contribution in [3.8, 4) is 0 Å². The molecule has 1 aromatic rings. The summed E-state index contributed by atoms with van der Waals surface area (Å²) in [6.45, 7) is 5.33. The summed E-state index contributed by atoms with van der Waals surface area (Å²) < 4.78 is 5.29. The largest absolute Gasteiger partial charge is 0.477 e. The maximum atomic E-state index is 12.0. The van der Waals surface area contributed by atoms with Gasteiger partial charge in [-0.25, -0.2) is 4.79 Å². The van der Waals surface area contributed by atoms with E-state index in [0.717, 1.165) is 0 Å². The molecule has 0 bridgehead atoms. The van der Waals surface area contributed by atoms with E-state index < -0.39 is 23.6 Å². The van der Waals surface area contributed by atoms with Gasteiger partial charge in [0.25, 0.3) is 0 Å². The number of H-pyrrole nitrogens is 1. The fraction of sp³-hybridized carbons (Fsp3) is 0.562. The topological polar surface area (TPSA) is 152 Å². The van der Waals surface area contributed by atoms with Crippen LogP contribution < -0.4 is 5.73 Å². The molecule has 12 heteroatoms. The molecule has 0 radical (unpaired) electrons. The molecule has 1 unspecified atom stereocenters. The van der Waals surface area contributed by atoms with Crippen LogP contribution in [0.25, 0.3) is 0 Å². The van der Waals surface area contributed by atoms with Crippen molar-refractivity contribution < 1.29 is 24.2 Å². The van der Waals surface area contributed by atoms with Gasteiger partial charge in [0.2, 0.25) is 5.91 Å². The molecule has 2 atom stereocenters. The highest BCUT2D eigenvalue weighted by molar-refractivity contribution is 8.01. The smallest absolute Gasteiger partial charge is 0.352 e. The van der Waals surface area contributed by atoms with Crippen molar-refractivity contribution in [2.45, 2.75) is 49.2 Å². The van der Waals surface area contributed by atoms with Crippen LogP contribution >= 0.6 is 23.5 Å². The molecule has 10 nitrogen and oxygen atoms in total. The second-order valence-corrected chi connectivity index (χ2v) is 9.39. The lowest BCUT2D eigenvalue weighted by molar-refractivity contribution is -0.154. The molecule has 1 fully saturated rings. The third-order valence-electron chi connectivity index (χ3n) is 3.99. The van der Waals surface area contributed by atoms with Gasteiger partial charge in [-0.05, 0) is 26.3 Å². The highest BCUT2D eigenvalue weighted by atomic mass is 32.2. The van der Waals surface area contributed by atoms with E-state index in [2.05, 4.69) is 15.4 Å². The normalized spacial score (nSPS) is 22.0. The summed E-state index contributed by atoms with van der Waals surface area (Å²) >= 11 is 2.69. The number of carbonyl (C=O) groups is 3. The number of carboxylic acid groups (broad SMARTS) is 1. The summed E-state index contributed by atoms with van der Waals surface area (Å²) in [6, 6.07) is -0.662. The summed E-state index contributed by atoms with van der Waals surface area (Å²) in [6.07, 6.45) is -0.0444.